The van der Waals surface area contributed by atoms with Crippen molar-refractivity contribution >= 4 is 19.8 Å². The van der Waals surface area contributed by atoms with Crippen LogP contribution < -0.4 is 5.73 Å². The van der Waals surface area contributed by atoms with Gasteiger partial charge in [-0.1, -0.05) is 132 Å². The summed E-state index contributed by atoms with van der Waals surface area (Å²) in [4.78, 5) is 34.8. The van der Waals surface area contributed by atoms with Crippen molar-refractivity contribution in [1.29, 1.82) is 0 Å². The van der Waals surface area contributed by atoms with Crippen molar-refractivity contribution in [3.63, 3.8) is 0 Å². The summed E-state index contributed by atoms with van der Waals surface area (Å²) >= 11 is 0. The molecule has 0 heterocycles. The maximum Gasteiger partial charge on any atom is 0.472 e. The van der Waals surface area contributed by atoms with E-state index in [-0.39, 0.29) is 38.7 Å². The van der Waals surface area contributed by atoms with Crippen molar-refractivity contribution in [2.45, 2.75) is 174 Å². The largest absolute Gasteiger partial charge is 0.472 e. The summed E-state index contributed by atoms with van der Waals surface area (Å²) in [5, 5.41) is 9.72. The van der Waals surface area contributed by atoms with Crippen LogP contribution in [0.5, 0.6) is 0 Å². The Kier molecular flexibility index (Phi) is 37.2. The quantitative estimate of drug-likeness (QED) is 0.0239. The van der Waals surface area contributed by atoms with Crippen LogP contribution >= 0.6 is 7.82 Å². The average molecular weight is 782 g/mol. The van der Waals surface area contributed by atoms with E-state index in [1.165, 1.54) is 51.4 Å². The van der Waals surface area contributed by atoms with Gasteiger partial charge in [-0.3, -0.25) is 18.6 Å². The number of carbonyl (C=O) groups excluding carboxylic acids is 2. The van der Waals surface area contributed by atoms with Crippen molar-refractivity contribution in [1.82, 2.24) is 0 Å². The molecule has 0 spiro atoms. The molecule has 0 saturated heterocycles. The standard InChI is InChI=1S/C43H76NO9P/c1-3-5-6-7-8-9-10-11-12-15-18-21-24-27-30-34-42(46)50-38-41(39-52-54(48,49)51-37-36-44)53-43(47)35-31-28-25-22-19-16-13-14-17-20-23-26-29-33-40(45)32-4-2/h9-10,13,16-17,20,22,25-26,29,40-41,45H,3-8,11-12,14-15,18-19,21,23-24,27-28,30-39,44H2,1-2H3,(H,48,49)/b10-9-,16-13-,20-17-,25-22-,29-26-/t40?,41-/m1/s1. The summed E-state index contributed by atoms with van der Waals surface area (Å²) in [6, 6.07) is 0. The van der Waals surface area contributed by atoms with E-state index in [4.69, 9.17) is 24.3 Å². The normalized spacial score (nSPS) is 14.5. The van der Waals surface area contributed by atoms with Gasteiger partial charge in [0.2, 0.25) is 0 Å². The molecule has 54 heavy (non-hydrogen) atoms. The number of phosphoric acid groups is 1. The zero-order chi connectivity index (χ0) is 39.8. The Balaban J connectivity index is 4.31. The highest BCUT2D eigenvalue weighted by molar-refractivity contribution is 7.47. The third-order valence-corrected chi connectivity index (χ3v) is 9.42. The summed E-state index contributed by atoms with van der Waals surface area (Å²) in [5.41, 5.74) is 5.33. The van der Waals surface area contributed by atoms with Crippen LogP contribution in [0.3, 0.4) is 0 Å². The molecule has 0 radical (unpaired) electrons. The number of phosphoric ester groups is 1. The van der Waals surface area contributed by atoms with Gasteiger partial charge in [-0.25, -0.2) is 4.57 Å². The maximum absolute atomic E-state index is 12.5. The topological polar surface area (TPSA) is 155 Å². The summed E-state index contributed by atoms with van der Waals surface area (Å²) < 4.78 is 32.6. The van der Waals surface area contributed by atoms with E-state index in [1.807, 2.05) is 18.2 Å². The van der Waals surface area contributed by atoms with Gasteiger partial charge in [0, 0.05) is 19.4 Å². The van der Waals surface area contributed by atoms with Crippen molar-refractivity contribution in [3.05, 3.63) is 60.8 Å². The number of esters is 2. The monoisotopic (exact) mass is 782 g/mol. The van der Waals surface area contributed by atoms with Crippen LogP contribution in [0, 0.1) is 0 Å². The molecule has 0 aromatic rings. The first-order chi connectivity index (χ1) is 26.2. The van der Waals surface area contributed by atoms with Crippen LogP contribution in [0.15, 0.2) is 60.8 Å². The van der Waals surface area contributed by atoms with Crippen LogP contribution in [0.1, 0.15) is 162 Å². The Hall–Kier alpha value is -2.33. The van der Waals surface area contributed by atoms with E-state index >= 15 is 0 Å². The highest BCUT2D eigenvalue weighted by Crippen LogP contribution is 2.43. The van der Waals surface area contributed by atoms with Crippen LogP contribution in [0.2, 0.25) is 0 Å². The third kappa shape index (κ3) is 38.0. The van der Waals surface area contributed by atoms with E-state index in [0.717, 1.165) is 57.8 Å². The number of hydrogen-bond donors (Lipinski definition) is 3. The SMILES string of the molecule is CCCCCC/C=C\CCCCCCCCCC(=O)OC[C@H](COP(=O)(O)OCCN)OC(=O)CCC/C=C\C/C=C\C/C=C\C/C=C\CC(O)CCC. The smallest absolute Gasteiger partial charge is 0.462 e. The number of ether oxygens (including phenoxy) is 2. The number of unbranched alkanes of at least 4 members (excludes halogenated alkanes) is 12. The molecule has 0 bridgehead atoms. The highest BCUT2D eigenvalue weighted by Gasteiger charge is 2.25. The lowest BCUT2D eigenvalue weighted by molar-refractivity contribution is -0.161. The highest BCUT2D eigenvalue weighted by atomic mass is 31.2. The van der Waals surface area contributed by atoms with Crippen molar-refractivity contribution in [2.24, 2.45) is 5.73 Å². The Morgan fingerprint density at radius 1 is 0.630 bits per heavy atom. The number of carbonyl (C=O) groups is 2. The van der Waals surface area contributed by atoms with Gasteiger partial charge < -0.3 is 25.2 Å². The minimum atomic E-state index is -4.40. The second-order valence-electron chi connectivity index (χ2n) is 13.7. The van der Waals surface area contributed by atoms with E-state index in [0.29, 0.717) is 25.7 Å². The molecule has 0 saturated carbocycles. The van der Waals surface area contributed by atoms with Crippen molar-refractivity contribution in [3.8, 4) is 0 Å². The Morgan fingerprint density at radius 3 is 1.76 bits per heavy atom. The molecule has 3 atom stereocenters. The first-order valence-electron chi connectivity index (χ1n) is 20.8. The lowest BCUT2D eigenvalue weighted by Gasteiger charge is -2.19. The van der Waals surface area contributed by atoms with Gasteiger partial charge in [0.1, 0.15) is 6.61 Å². The Labute approximate surface area is 328 Å². The van der Waals surface area contributed by atoms with Crippen LogP contribution in [0.25, 0.3) is 0 Å². The van der Waals surface area contributed by atoms with E-state index in [9.17, 15) is 24.2 Å². The van der Waals surface area contributed by atoms with Gasteiger partial charge in [-0.2, -0.15) is 0 Å². The molecule has 0 aliphatic heterocycles. The van der Waals surface area contributed by atoms with Gasteiger partial charge in [0.05, 0.1) is 19.3 Å². The molecule has 0 rings (SSSR count). The van der Waals surface area contributed by atoms with Crippen LogP contribution in [-0.2, 0) is 32.7 Å². The zero-order valence-corrected chi connectivity index (χ0v) is 34.7. The minimum Gasteiger partial charge on any atom is -0.462 e. The molecule has 0 aliphatic carbocycles. The molecule has 312 valence electrons. The molecule has 11 heteroatoms. The van der Waals surface area contributed by atoms with E-state index in [2.05, 4.69) is 56.4 Å². The van der Waals surface area contributed by atoms with Gasteiger partial charge >= 0.3 is 19.8 Å². The Bertz CT molecular complexity index is 1090. The van der Waals surface area contributed by atoms with Gasteiger partial charge in [-0.05, 0) is 77.0 Å². The fourth-order valence-electron chi connectivity index (χ4n) is 5.34. The fraction of sp³-hybridized carbons (Fsp3) is 0.721. The number of aliphatic hydroxyl groups is 1. The van der Waals surface area contributed by atoms with Crippen molar-refractivity contribution in [2.75, 3.05) is 26.4 Å². The molecule has 0 aromatic heterocycles. The third-order valence-electron chi connectivity index (χ3n) is 8.43. The average Bonchev–Trinajstić information content (AvgIpc) is 3.15. The number of allylic oxidation sites excluding steroid dienone is 9. The summed E-state index contributed by atoms with van der Waals surface area (Å²) in [5.74, 6) is -0.924. The number of nitrogens with two attached hydrogens (primary N) is 1. The van der Waals surface area contributed by atoms with Crippen molar-refractivity contribution < 1.29 is 42.7 Å². The summed E-state index contributed by atoms with van der Waals surface area (Å²) in [6.07, 6.45) is 41.7. The first kappa shape index (κ1) is 51.7. The summed E-state index contributed by atoms with van der Waals surface area (Å²) in [6.45, 7) is 3.42. The van der Waals surface area contributed by atoms with Crippen LogP contribution in [-0.4, -0.2) is 60.5 Å². The Morgan fingerprint density at radius 2 is 1.15 bits per heavy atom. The molecule has 0 fully saturated rings. The molecule has 0 amide bonds. The number of hydrogen-bond acceptors (Lipinski definition) is 9. The number of rotatable bonds is 38. The maximum atomic E-state index is 12.5. The van der Waals surface area contributed by atoms with Gasteiger partial charge in [0.15, 0.2) is 6.10 Å². The molecule has 4 N–H and O–H groups in total. The zero-order valence-electron chi connectivity index (χ0n) is 33.8. The molecular weight excluding hydrogens is 705 g/mol. The minimum absolute atomic E-state index is 0.0356. The lowest BCUT2D eigenvalue weighted by atomic mass is 10.1. The fourth-order valence-corrected chi connectivity index (χ4v) is 6.11. The molecule has 10 nitrogen and oxygen atoms in total. The second kappa shape index (κ2) is 38.9. The van der Waals surface area contributed by atoms with Crippen LogP contribution in [0.4, 0.5) is 0 Å². The molecular formula is C43H76NO9P. The predicted octanol–water partition coefficient (Wildman–Crippen LogP) is 10.7. The molecule has 0 aromatic carbocycles. The summed E-state index contributed by atoms with van der Waals surface area (Å²) in [7, 11) is -4.40. The molecule has 2 unspecified atom stereocenters. The molecule has 0 aliphatic rings. The van der Waals surface area contributed by atoms with E-state index < -0.39 is 32.5 Å². The second-order valence-corrected chi connectivity index (χ2v) is 15.1. The van der Waals surface area contributed by atoms with E-state index in [1.54, 1.807) is 0 Å². The first-order valence-corrected chi connectivity index (χ1v) is 22.3. The number of aliphatic hydroxyl groups excluding tert-OH is 1. The predicted molar refractivity (Wildman–Crippen MR) is 221 cm³/mol. The van der Waals surface area contributed by atoms with Gasteiger partial charge in [-0.15, -0.1) is 0 Å². The lowest BCUT2D eigenvalue weighted by Crippen LogP contribution is -2.29. The van der Waals surface area contributed by atoms with Gasteiger partial charge in [0.25, 0.3) is 0 Å².